The second-order valence-electron chi connectivity index (χ2n) is 0.752. The van der Waals surface area contributed by atoms with E-state index >= 15 is 0 Å². The van der Waals surface area contributed by atoms with Gasteiger partial charge in [-0.3, -0.25) is 0 Å². The monoisotopic (exact) mass is 174 g/mol. The summed E-state index contributed by atoms with van der Waals surface area (Å²) in [6.45, 7) is 0.956. The van der Waals surface area contributed by atoms with Gasteiger partial charge in [-0.25, -0.2) is 0 Å². The summed E-state index contributed by atoms with van der Waals surface area (Å²) in [5.74, 6) is 0. The van der Waals surface area contributed by atoms with E-state index in [0.717, 1.165) is 6.54 Å². The molecule has 0 aliphatic carbocycles. The van der Waals surface area contributed by atoms with Crippen LogP contribution in [0, 0.1) is 0 Å². The van der Waals surface area contributed by atoms with Gasteiger partial charge in [-0.2, -0.15) is 0 Å². The molecule has 0 atom stereocenters. The van der Waals surface area contributed by atoms with Crippen molar-refractivity contribution in [2.45, 2.75) is 0 Å². The summed E-state index contributed by atoms with van der Waals surface area (Å²) in [6, 6.07) is 0. The Bertz CT molecular complexity index is 65.0. The zero-order valence-electron chi connectivity index (χ0n) is 2.68. The first-order chi connectivity index (χ1) is 2.50. The summed E-state index contributed by atoms with van der Waals surface area (Å²) in [6.07, 6.45) is 0. The van der Waals surface area contributed by atoms with Crippen LogP contribution in [0.2, 0.25) is 0 Å². The summed E-state index contributed by atoms with van der Waals surface area (Å²) in [4.78, 5) is 3.84. The first-order valence-electron chi connectivity index (χ1n) is 1.43. The standard InChI is InChI=1S/C3H3N.Sb/c1-3-4-2;/h1H,3H2;. The molecule has 2 heteroatoms. The van der Waals surface area contributed by atoms with Crippen molar-refractivity contribution in [3.8, 4) is 0 Å². The van der Waals surface area contributed by atoms with Crippen LogP contribution in [0.5, 0.6) is 0 Å². The van der Waals surface area contributed by atoms with Crippen LogP contribution in [-0.2, 0) is 0 Å². The molecule has 1 rings (SSSR count). The van der Waals surface area contributed by atoms with Crippen molar-refractivity contribution >= 4 is 29.3 Å². The van der Waals surface area contributed by atoms with E-state index in [2.05, 4.69) is 13.1 Å². The van der Waals surface area contributed by atoms with Crippen LogP contribution < -0.4 is 0 Å². The summed E-state index contributed by atoms with van der Waals surface area (Å²) < 4.78 is 5.18. The Morgan fingerprint density at radius 1 is 2.00 bits per heavy atom. The van der Waals surface area contributed by atoms with E-state index in [1.807, 2.05) is 0 Å². The average Bonchev–Trinajstić information content (AvgIpc) is 1.76. The molecule has 0 fully saturated rings. The Balaban J connectivity index is 2.61. The van der Waals surface area contributed by atoms with Gasteiger partial charge in [0.2, 0.25) is 0 Å². The first kappa shape index (κ1) is 3.54. The molecule has 0 aromatic rings. The fourth-order valence-electron chi connectivity index (χ4n) is 0.204. The van der Waals surface area contributed by atoms with Crippen molar-refractivity contribution in [1.82, 2.24) is 0 Å². The number of nitrogens with zero attached hydrogens (tertiary/aromatic N) is 1. The molecular weight excluding hydrogens is 172 g/mol. The van der Waals surface area contributed by atoms with E-state index in [1.165, 1.54) is 0 Å². The fourth-order valence-corrected chi connectivity index (χ4v) is 1.37. The van der Waals surface area contributed by atoms with Gasteiger partial charge in [-0.1, -0.05) is 0 Å². The second kappa shape index (κ2) is 1.71. The van der Waals surface area contributed by atoms with Crippen molar-refractivity contribution in [2.24, 2.45) is 4.99 Å². The minimum absolute atomic E-state index is 0.0750. The second-order valence-corrected chi connectivity index (χ2v) is 3.10. The zero-order valence-corrected chi connectivity index (χ0v) is 5.23. The van der Waals surface area contributed by atoms with Crippen LogP contribution in [0.4, 0.5) is 0 Å². The van der Waals surface area contributed by atoms with Crippen molar-refractivity contribution in [1.29, 1.82) is 0 Å². The van der Waals surface area contributed by atoms with Gasteiger partial charge in [0.15, 0.2) is 0 Å². The molecule has 1 aliphatic heterocycles. The SMILES string of the molecule is [C]1=NC[CH]=[Sb]1. The third-order valence-electron chi connectivity index (χ3n) is 0.393. The average molecular weight is 175 g/mol. The maximum absolute atomic E-state index is 3.84. The number of hydrogen-bond acceptors (Lipinski definition) is 1. The molecule has 0 saturated heterocycles. The Kier molecular flexibility index (Phi) is 1.21. The maximum atomic E-state index is 3.84. The summed E-state index contributed by atoms with van der Waals surface area (Å²) >= 11 is -0.0750. The van der Waals surface area contributed by atoms with Crippen LogP contribution in [0.3, 0.4) is 0 Å². The topological polar surface area (TPSA) is 12.4 Å². The van der Waals surface area contributed by atoms with Crippen molar-refractivity contribution in [3.63, 3.8) is 0 Å². The molecule has 0 unspecified atom stereocenters. The Morgan fingerprint density at radius 3 is 3.20 bits per heavy atom. The molecule has 0 amide bonds. The molecule has 1 nitrogen and oxygen atoms in total. The molecule has 0 N–H and O–H groups in total. The van der Waals surface area contributed by atoms with Crippen molar-refractivity contribution < 1.29 is 0 Å². The van der Waals surface area contributed by atoms with Gasteiger partial charge >= 0.3 is 40.8 Å². The van der Waals surface area contributed by atoms with Crippen LogP contribution in [-0.4, -0.2) is 35.8 Å². The zero-order chi connectivity index (χ0) is 3.54. The van der Waals surface area contributed by atoms with Gasteiger partial charge < -0.3 is 0 Å². The third kappa shape index (κ3) is 0.844. The molecule has 0 aromatic carbocycles. The minimum atomic E-state index is -0.0750. The molecule has 1 heterocycles. The van der Waals surface area contributed by atoms with Crippen LogP contribution in [0.1, 0.15) is 0 Å². The van der Waals surface area contributed by atoms with E-state index in [9.17, 15) is 0 Å². The predicted octanol–water partition coefficient (Wildman–Crippen LogP) is -0.588. The normalized spacial score (nSPS) is 17.6. The first-order valence-corrected chi connectivity index (χ1v) is 4.18. The fraction of sp³-hybridized carbons (Fsp3) is 0.333. The molecule has 0 aromatic heterocycles. The van der Waals surface area contributed by atoms with Crippen LogP contribution >= 0.6 is 0 Å². The van der Waals surface area contributed by atoms with E-state index in [4.69, 9.17) is 0 Å². The van der Waals surface area contributed by atoms with Crippen molar-refractivity contribution in [2.75, 3.05) is 6.54 Å². The molecule has 1 aliphatic rings. The summed E-state index contributed by atoms with van der Waals surface area (Å²) in [5.41, 5.74) is 0. The summed E-state index contributed by atoms with van der Waals surface area (Å²) in [5, 5.41) is 0. The predicted molar refractivity (Wildman–Crippen MR) is 24.1 cm³/mol. The molecule has 0 saturated carbocycles. The van der Waals surface area contributed by atoms with Gasteiger partial charge in [0.05, 0.1) is 0 Å². The van der Waals surface area contributed by atoms with E-state index in [-0.39, 0.29) is 21.1 Å². The quantitative estimate of drug-likeness (QED) is 0.436. The number of rotatable bonds is 0. The number of aliphatic imine (C=N–C) groups is 1. The Morgan fingerprint density at radius 2 is 3.00 bits per heavy atom. The van der Waals surface area contributed by atoms with Crippen LogP contribution in [0.25, 0.3) is 0 Å². The molecule has 0 bridgehead atoms. The van der Waals surface area contributed by atoms with Gasteiger partial charge in [0.25, 0.3) is 0 Å². The van der Waals surface area contributed by atoms with Gasteiger partial charge in [0.1, 0.15) is 0 Å². The van der Waals surface area contributed by atoms with Gasteiger partial charge in [0, 0.05) is 0 Å². The molecule has 1 radical (unpaired) electrons. The summed E-state index contributed by atoms with van der Waals surface area (Å²) in [7, 11) is 0. The molecule has 25 valence electrons. The van der Waals surface area contributed by atoms with E-state index < -0.39 is 0 Å². The molecule has 5 heavy (non-hydrogen) atoms. The Hall–Kier alpha value is 0.358. The molecule has 0 spiro atoms. The van der Waals surface area contributed by atoms with Crippen molar-refractivity contribution in [3.05, 3.63) is 0 Å². The number of hydrogen-bond donors (Lipinski definition) is 0. The third-order valence-corrected chi connectivity index (χ3v) is 2.11. The van der Waals surface area contributed by atoms with E-state index in [0.29, 0.717) is 0 Å². The van der Waals surface area contributed by atoms with Crippen LogP contribution in [0.15, 0.2) is 4.99 Å². The van der Waals surface area contributed by atoms with Gasteiger partial charge in [-0.05, 0) is 0 Å². The van der Waals surface area contributed by atoms with Gasteiger partial charge in [-0.15, -0.1) is 0 Å². The Labute approximate surface area is 41.1 Å². The van der Waals surface area contributed by atoms with E-state index in [1.54, 1.807) is 0 Å². The molecular formula is C3H3NSb.